The van der Waals surface area contributed by atoms with Crippen LogP contribution in [-0.4, -0.2) is 31.5 Å². The minimum absolute atomic E-state index is 0.187. The molecule has 2 aromatic carbocycles. The number of ether oxygens (including phenoxy) is 2. The lowest BCUT2D eigenvalue weighted by molar-refractivity contribution is 0.0697. The van der Waals surface area contributed by atoms with Crippen molar-refractivity contribution in [3.8, 4) is 22.8 Å². The fourth-order valence-corrected chi connectivity index (χ4v) is 2.69. The lowest BCUT2D eigenvalue weighted by Crippen LogP contribution is -2.05. The van der Waals surface area contributed by atoms with E-state index in [4.69, 9.17) is 13.9 Å². The van der Waals surface area contributed by atoms with Crippen LogP contribution in [0.2, 0.25) is 0 Å². The van der Waals surface area contributed by atoms with Crippen LogP contribution in [0.25, 0.3) is 11.3 Å². The molecule has 3 aromatic rings. The van der Waals surface area contributed by atoms with Crippen LogP contribution >= 0.6 is 0 Å². The molecule has 7 heteroatoms. The Morgan fingerprint density at radius 2 is 1.89 bits per heavy atom. The Bertz CT molecular complexity index is 994. The Morgan fingerprint density at radius 3 is 2.64 bits per heavy atom. The van der Waals surface area contributed by atoms with E-state index in [0.29, 0.717) is 35.1 Å². The number of hydrazone groups is 1. The van der Waals surface area contributed by atoms with Gasteiger partial charge in [0.15, 0.2) is 11.5 Å². The summed E-state index contributed by atoms with van der Waals surface area (Å²) in [6, 6.07) is 15.8. The maximum absolute atomic E-state index is 11.3. The van der Waals surface area contributed by atoms with E-state index in [1.807, 2.05) is 18.2 Å². The van der Waals surface area contributed by atoms with Crippen molar-refractivity contribution in [2.45, 2.75) is 6.54 Å². The number of nitrogens with one attached hydrogen (secondary N) is 1. The number of benzene rings is 2. The van der Waals surface area contributed by atoms with Gasteiger partial charge in [-0.2, -0.15) is 5.10 Å². The van der Waals surface area contributed by atoms with Crippen LogP contribution < -0.4 is 14.9 Å². The first-order chi connectivity index (χ1) is 13.6. The molecule has 0 aliphatic carbocycles. The summed E-state index contributed by atoms with van der Waals surface area (Å²) < 4.78 is 16.2. The van der Waals surface area contributed by atoms with E-state index in [2.05, 4.69) is 10.5 Å². The molecule has 28 heavy (non-hydrogen) atoms. The molecule has 0 saturated carbocycles. The zero-order valence-corrected chi connectivity index (χ0v) is 15.5. The average molecular weight is 380 g/mol. The number of aromatic carboxylic acids is 1. The zero-order valence-electron chi connectivity index (χ0n) is 15.5. The first kappa shape index (κ1) is 19.0. The van der Waals surface area contributed by atoms with Gasteiger partial charge in [0.1, 0.15) is 11.5 Å². The zero-order chi connectivity index (χ0) is 19.9. The number of rotatable bonds is 8. The van der Waals surface area contributed by atoms with Crippen LogP contribution in [0, 0.1) is 0 Å². The number of nitrogens with zero attached hydrogens (tertiary/aromatic N) is 1. The molecular weight excluding hydrogens is 360 g/mol. The van der Waals surface area contributed by atoms with Gasteiger partial charge in [-0.05, 0) is 35.9 Å². The van der Waals surface area contributed by atoms with Gasteiger partial charge in [0, 0.05) is 5.56 Å². The number of carboxylic acid groups (broad SMARTS) is 1. The number of hydrogen-bond donors (Lipinski definition) is 2. The first-order valence-corrected chi connectivity index (χ1v) is 8.51. The van der Waals surface area contributed by atoms with Gasteiger partial charge in [0.2, 0.25) is 0 Å². The molecule has 0 fully saturated rings. The topological polar surface area (TPSA) is 93.3 Å². The number of carboxylic acids is 1. The number of furan rings is 1. The summed E-state index contributed by atoms with van der Waals surface area (Å²) in [5.41, 5.74) is 4.62. The van der Waals surface area contributed by atoms with E-state index in [-0.39, 0.29) is 5.56 Å². The van der Waals surface area contributed by atoms with Gasteiger partial charge in [0.05, 0.1) is 32.5 Å². The summed E-state index contributed by atoms with van der Waals surface area (Å²) >= 11 is 0. The van der Waals surface area contributed by atoms with Crippen molar-refractivity contribution >= 4 is 12.2 Å². The van der Waals surface area contributed by atoms with Gasteiger partial charge < -0.3 is 24.4 Å². The van der Waals surface area contributed by atoms with Crippen LogP contribution in [0.4, 0.5) is 0 Å². The summed E-state index contributed by atoms with van der Waals surface area (Å²) in [5.74, 6) is 1.30. The molecule has 0 unspecified atom stereocenters. The standard InChI is InChI=1S/C21H20N2O5/c1-26-19-9-7-14(11-20(19)27-2)12-22-23-13-15-8-10-18(28-15)16-5-3-4-6-17(16)21(24)25/h3-11,13,22H,12H2,1-2H3,(H,24,25)/b23-13+. The highest BCUT2D eigenvalue weighted by atomic mass is 16.5. The Labute approximate surface area is 162 Å². The van der Waals surface area contributed by atoms with Crippen molar-refractivity contribution in [1.29, 1.82) is 0 Å². The summed E-state index contributed by atoms with van der Waals surface area (Å²) in [4.78, 5) is 11.3. The lowest BCUT2D eigenvalue weighted by atomic mass is 10.1. The van der Waals surface area contributed by atoms with Gasteiger partial charge in [-0.3, -0.25) is 0 Å². The Kier molecular flexibility index (Phi) is 5.96. The third-order valence-corrected chi connectivity index (χ3v) is 4.06. The maximum atomic E-state index is 11.3. The molecule has 0 bridgehead atoms. The largest absolute Gasteiger partial charge is 0.493 e. The molecule has 0 atom stereocenters. The van der Waals surface area contributed by atoms with Crippen LogP contribution in [0.5, 0.6) is 11.5 Å². The summed E-state index contributed by atoms with van der Waals surface area (Å²) in [7, 11) is 3.18. The minimum atomic E-state index is -1.00. The highest BCUT2D eigenvalue weighted by Gasteiger charge is 2.13. The second-order valence-corrected chi connectivity index (χ2v) is 5.84. The highest BCUT2D eigenvalue weighted by Crippen LogP contribution is 2.27. The molecule has 0 spiro atoms. The molecule has 0 aliphatic heterocycles. The Balaban J connectivity index is 1.65. The molecule has 1 aromatic heterocycles. The van der Waals surface area contributed by atoms with E-state index in [9.17, 15) is 9.90 Å². The molecule has 0 saturated heterocycles. The Hall–Kier alpha value is -3.74. The summed E-state index contributed by atoms with van der Waals surface area (Å²) in [5, 5.41) is 13.4. The van der Waals surface area contributed by atoms with Gasteiger partial charge in [0.25, 0.3) is 0 Å². The number of methoxy groups -OCH3 is 2. The predicted molar refractivity (Wildman–Crippen MR) is 105 cm³/mol. The third kappa shape index (κ3) is 4.32. The van der Waals surface area contributed by atoms with Crippen molar-refractivity contribution in [3.05, 3.63) is 71.5 Å². The quantitative estimate of drug-likeness (QED) is 0.456. The third-order valence-electron chi connectivity index (χ3n) is 4.06. The summed E-state index contributed by atoms with van der Waals surface area (Å²) in [6.45, 7) is 0.492. The molecule has 0 radical (unpaired) electrons. The van der Waals surface area contributed by atoms with Crippen LogP contribution in [0.1, 0.15) is 21.7 Å². The lowest BCUT2D eigenvalue weighted by Gasteiger charge is -2.09. The minimum Gasteiger partial charge on any atom is -0.493 e. The average Bonchev–Trinajstić information content (AvgIpc) is 3.19. The smallest absolute Gasteiger partial charge is 0.336 e. The first-order valence-electron chi connectivity index (χ1n) is 8.51. The van der Waals surface area contributed by atoms with Gasteiger partial charge >= 0.3 is 5.97 Å². The van der Waals surface area contributed by atoms with Gasteiger partial charge in [-0.1, -0.05) is 24.3 Å². The van der Waals surface area contributed by atoms with Crippen molar-refractivity contribution in [2.24, 2.45) is 5.10 Å². The van der Waals surface area contributed by atoms with E-state index in [0.717, 1.165) is 5.56 Å². The van der Waals surface area contributed by atoms with Gasteiger partial charge in [-0.15, -0.1) is 0 Å². The normalized spacial score (nSPS) is 10.8. The van der Waals surface area contributed by atoms with Crippen molar-refractivity contribution in [2.75, 3.05) is 14.2 Å². The molecule has 0 aliphatic rings. The van der Waals surface area contributed by atoms with Crippen LogP contribution in [0.15, 0.2) is 64.1 Å². The SMILES string of the molecule is COc1ccc(CN/N=C/c2ccc(-c3ccccc3C(=O)O)o2)cc1OC. The molecule has 144 valence electrons. The second-order valence-electron chi connectivity index (χ2n) is 5.84. The molecule has 2 N–H and O–H groups in total. The Morgan fingerprint density at radius 1 is 1.11 bits per heavy atom. The number of hydrogen-bond acceptors (Lipinski definition) is 6. The van der Waals surface area contributed by atoms with E-state index >= 15 is 0 Å². The highest BCUT2D eigenvalue weighted by molar-refractivity contribution is 5.95. The van der Waals surface area contributed by atoms with E-state index in [1.54, 1.807) is 50.6 Å². The molecule has 0 amide bonds. The van der Waals surface area contributed by atoms with Crippen molar-refractivity contribution in [1.82, 2.24) is 5.43 Å². The molecule has 7 nitrogen and oxygen atoms in total. The number of carbonyl (C=O) groups is 1. The fourth-order valence-electron chi connectivity index (χ4n) is 2.69. The molecule has 3 rings (SSSR count). The van der Waals surface area contributed by atoms with Crippen molar-refractivity contribution < 1.29 is 23.8 Å². The second kappa shape index (κ2) is 8.77. The summed E-state index contributed by atoms with van der Waals surface area (Å²) in [6.07, 6.45) is 1.54. The van der Waals surface area contributed by atoms with E-state index in [1.165, 1.54) is 6.21 Å². The molecular formula is C21H20N2O5. The van der Waals surface area contributed by atoms with Gasteiger partial charge in [-0.25, -0.2) is 4.79 Å². The molecule has 1 heterocycles. The van der Waals surface area contributed by atoms with Crippen LogP contribution in [0.3, 0.4) is 0 Å². The van der Waals surface area contributed by atoms with Crippen molar-refractivity contribution in [3.63, 3.8) is 0 Å². The maximum Gasteiger partial charge on any atom is 0.336 e. The monoisotopic (exact) mass is 380 g/mol. The van der Waals surface area contributed by atoms with Crippen LogP contribution in [-0.2, 0) is 6.54 Å². The predicted octanol–water partition coefficient (Wildman–Crippen LogP) is 3.79. The fraction of sp³-hybridized carbons (Fsp3) is 0.143. The van der Waals surface area contributed by atoms with E-state index < -0.39 is 5.97 Å².